The highest BCUT2D eigenvalue weighted by Crippen LogP contribution is 2.60. The minimum Gasteiger partial charge on any atom is -0.393 e. The number of allylic oxidation sites excluding steroid dienone is 4. The molecule has 6 atom stereocenters. The maximum absolute atomic E-state index is 11.6. The van der Waals surface area contributed by atoms with Crippen LogP contribution in [0.5, 0.6) is 0 Å². The lowest BCUT2D eigenvalue weighted by atomic mass is 9.54. The number of aliphatic hydroxyl groups excluding tert-OH is 1. The van der Waals surface area contributed by atoms with E-state index < -0.39 is 0 Å². The van der Waals surface area contributed by atoms with Crippen molar-refractivity contribution >= 4 is 5.78 Å². The van der Waals surface area contributed by atoms with E-state index in [9.17, 15) is 9.90 Å². The maximum Gasteiger partial charge on any atom is 0.155 e. The van der Waals surface area contributed by atoms with Crippen LogP contribution in [-0.2, 0) is 4.79 Å². The lowest BCUT2D eigenvalue weighted by Gasteiger charge is -2.51. The van der Waals surface area contributed by atoms with Crippen LogP contribution in [0.1, 0.15) is 45.4 Å². The summed E-state index contributed by atoms with van der Waals surface area (Å²) in [6.07, 6.45) is 12.7. The fourth-order valence-electron chi connectivity index (χ4n) is 5.63. The van der Waals surface area contributed by atoms with Gasteiger partial charge in [0.1, 0.15) is 0 Å². The average molecular weight is 272 g/mol. The van der Waals surface area contributed by atoms with Gasteiger partial charge in [-0.3, -0.25) is 4.79 Å². The first-order valence-corrected chi connectivity index (χ1v) is 8.20. The van der Waals surface area contributed by atoms with Gasteiger partial charge in [-0.15, -0.1) is 0 Å². The molecule has 2 nitrogen and oxygen atoms in total. The molecule has 0 spiro atoms. The van der Waals surface area contributed by atoms with Gasteiger partial charge in [0, 0.05) is 6.42 Å². The molecule has 20 heavy (non-hydrogen) atoms. The van der Waals surface area contributed by atoms with E-state index in [1.807, 2.05) is 6.08 Å². The van der Waals surface area contributed by atoms with Crippen molar-refractivity contribution in [2.45, 2.75) is 51.6 Å². The van der Waals surface area contributed by atoms with Crippen LogP contribution in [0.15, 0.2) is 23.8 Å². The van der Waals surface area contributed by atoms with Crippen LogP contribution in [0.2, 0.25) is 0 Å². The topological polar surface area (TPSA) is 37.3 Å². The molecule has 0 aromatic carbocycles. The fourth-order valence-corrected chi connectivity index (χ4v) is 5.63. The minimum absolute atomic E-state index is 0.105. The van der Waals surface area contributed by atoms with Crippen molar-refractivity contribution < 1.29 is 9.90 Å². The van der Waals surface area contributed by atoms with Gasteiger partial charge < -0.3 is 5.11 Å². The summed E-state index contributed by atoms with van der Waals surface area (Å²) >= 11 is 0. The van der Waals surface area contributed by atoms with Gasteiger partial charge in [-0.1, -0.05) is 19.1 Å². The third kappa shape index (κ3) is 1.64. The molecule has 0 aromatic rings. The van der Waals surface area contributed by atoms with Crippen molar-refractivity contribution in [3.05, 3.63) is 23.8 Å². The van der Waals surface area contributed by atoms with E-state index in [1.54, 1.807) is 0 Å². The van der Waals surface area contributed by atoms with Crippen LogP contribution in [0.25, 0.3) is 0 Å². The summed E-state index contributed by atoms with van der Waals surface area (Å²) in [5.74, 6) is 2.89. The van der Waals surface area contributed by atoms with Crippen molar-refractivity contribution in [3.63, 3.8) is 0 Å². The Labute approximate surface area is 120 Å². The van der Waals surface area contributed by atoms with Gasteiger partial charge >= 0.3 is 0 Å². The highest BCUT2D eigenvalue weighted by molar-refractivity contribution is 5.91. The first-order chi connectivity index (χ1) is 9.59. The highest BCUT2D eigenvalue weighted by atomic mass is 16.3. The molecule has 0 amide bonds. The van der Waals surface area contributed by atoms with Crippen LogP contribution in [0, 0.1) is 29.1 Å². The molecule has 2 heteroatoms. The highest BCUT2D eigenvalue weighted by Gasteiger charge is 2.54. The van der Waals surface area contributed by atoms with Crippen molar-refractivity contribution in [1.82, 2.24) is 0 Å². The molecule has 2 fully saturated rings. The standard InChI is InChI=1S/C18H24O2/c1-18-9-8-14-13-5-3-12(19)10-11(13)2-4-15(14)16(18)6-7-17(18)20/h2,4,10,13-17,20H,3,5-9H2,1H3/t13-,14?,15?,16?,17-,18-/m0/s1. The quantitative estimate of drug-likeness (QED) is 0.735. The van der Waals surface area contributed by atoms with Crippen molar-refractivity contribution in [2.24, 2.45) is 29.1 Å². The molecular weight excluding hydrogens is 248 g/mol. The number of rotatable bonds is 0. The van der Waals surface area contributed by atoms with E-state index >= 15 is 0 Å². The molecule has 2 saturated carbocycles. The summed E-state index contributed by atoms with van der Waals surface area (Å²) < 4.78 is 0. The summed E-state index contributed by atoms with van der Waals surface area (Å²) in [5.41, 5.74) is 1.42. The Hall–Kier alpha value is -0.890. The van der Waals surface area contributed by atoms with Crippen molar-refractivity contribution in [1.29, 1.82) is 0 Å². The van der Waals surface area contributed by atoms with Gasteiger partial charge in [0.05, 0.1) is 6.10 Å². The zero-order valence-electron chi connectivity index (χ0n) is 12.2. The second-order valence-electron chi connectivity index (χ2n) is 7.60. The van der Waals surface area contributed by atoms with Crippen LogP contribution in [0.4, 0.5) is 0 Å². The number of carbonyl (C=O) groups is 1. The maximum atomic E-state index is 11.6. The second-order valence-corrected chi connectivity index (χ2v) is 7.60. The predicted octanol–water partition coefficient (Wildman–Crippen LogP) is 3.27. The summed E-state index contributed by atoms with van der Waals surface area (Å²) in [7, 11) is 0. The Balaban J connectivity index is 1.69. The molecule has 1 N–H and O–H groups in total. The Morgan fingerprint density at radius 3 is 2.95 bits per heavy atom. The van der Waals surface area contributed by atoms with Gasteiger partial charge in [0.25, 0.3) is 0 Å². The van der Waals surface area contributed by atoms with E-state index in [1.165, 1.54) is 18.4 Å². The minimum atomic E-state index is -0.105. The summed E-state index contributed by atoms with van der Waals surface area (Å²) in [6.45, 7) is 2.30. The summed E-state index contributed by atoms with van der Waals surface area (Å²) in [5, 5.41) is 10.4. The number of fused-ring (bicyclic) bond motifs is 5. The zero-order valence-corrected chi connectivity index (χ0v) is 12.2. The second kappa shape index (κ2) is 4.30. The number of hydrogen-bond donors (Lipinski definition) is 1. The summed E-state index contributed by atoms with van der Waals surface area (Å²) in [6, 6.07) is 0. The molecule has 4 rings (SSSR count). The Kier molecular flexibility index (Phi) is 2.76. The molecule has 4 aliphatic carbocycles. The Morgan fingerprint density at radius 1 is 1.25 bits per heavy atom. The fraction of sp³-hybridized carbons (Fsp3) is 0.722. The number of hydrogen-bond acceptors (Lipinski definition) is 2. The van der Waals surface area contributed by atoms with Crippen molar-refractivity contribution in [2.75, 3.05) is 0 Å². The number of ketones is 1. The molecule has 0 saturated heterocycles. The Morgan fingerprint density at radius 2 is 2.10 bits per heavy atom. The van der Waals surface area contributed by atoms with E-state index in [0.29, 0.717) is 29.5 Å². The predicted molar refractivity (Wildman–Crippen MR) is 78.0 cm³/mol. The largest absolute Gasteiger partial charge is 0.393 e. The van der Waals surface area contributed by atoms with E-state index in [0.717, 1.165) is 25.7 Å². The Bertz CT molecular complexity index is 504. The molecule has 0 aromatic heterocycles. The van der Waals surface area contributed by atoms with Gasteiger partial charge in [-0.2, -0.15) is 0 Å². The van der Waals surface area contributed by atoms with E-state index in [4.69, 9.17) is 0 Å². The summed E-state index contributed by atoms with van der Waals surface area (Å²) in [4.78, 5) is 11.6. The molecule has 0 bridgehead atoms. The first kappa shape index (κ1) is 12.8. The SMILES string of the molecule is C[C@]12CCC3C(C=CC4=CC(=O)CC[C@@H]43)C1CC[C@@H]2O. The van der Waals surface area contributed by atoms with Crippen molar-refractivity contribution in [3.8, 4) is 0 Å². The molecule has 0 aliphatic heterocycles. The first-order valence-electron chi connectivity index (χ1n) is 8.20. The molecule has 0 radical (unpaired) electrons. The smallest absolute Gasteiger partial charge is 0.155 e. The van der Waals surface area contributed by atoms with Gasteiger partial charge in [-0.25, -0.2) is 0 Å². The van der Waals surface area contributed by atoms with Gasteiger partial charge in [0.15, 0.2) is 5.78 Å². The third-order valence-electron chi connectivity index (χ3n) is 6.82. The van der Waals surface area contributed by atoms with Crippen LogP contribution >= 0.6 is 0 Å². The molecule has 4 aliphatic rings. The van der Waals surface area contributed by atoms with Crippen LogP contribution < -0.4 is 0 Å². The monoisotopic (exact) mass is 272 g/mol. The van der Waals surface area contributed by atoms with Gasteiger partial charge in [0.2, 0.25) is 0 Å². The normalized spacial score (nSPS) is 50.2. The van der Waals surface area contributed by atoms with Crippen LogP contribution in [0.3, 0.4) is 0 Å². The molecule has 108 valence electrons. The molecular formula is C18H24O2. The number of aliphatic hydroxyl groups is 1. The molecule has 0 heterocycles. The lowest BCUT2D eigenvalue weighted by molar-refractivity contribution is -0.115. The lowest BCUT2D eigenvalue weighted by Crippen LogP contribution is -2.46. The van der Waals surface area contributed by atoms with E-state index in [-0.39, 0.29) is 11.5 Å². The van der Waals surface area contributed by atoms with Crippen LogP contribution in [-0.4, -0.2) is 17.0 Å². The van der Waals surface area contributed by atoms with E-state index in [2.05, 4.69) is 19.1 Å². The number of carbonyl (C=O) groups excluding carboxylic acids is 1. The zero-order chi connectivity index (χ0) is 13.9. The average Bonchev–Trinajstić information content (AvgIpc) is 2.74. The van der Waals surface area contributed by atoms with Gasteiger partial charge in [-0.05, 0) is 72.8 Å². The third-order valence-corrected chi connectivity index (χ3v) is 6.82. The molecule has 3 unspecified atom stereocenters.